The minimum Gasteiger partial charge on any atom is -0.384 e. The molecule has 39 heavy (non-hydrogen) atoms. The number of fused-ring (bicyclic) bond motifs is 1. The van der Waals surface area contributed by atoms with Crippen LogP contribution in [0.3, 0.4) is 0 Å². The van der Waals surface area contributed by atoms with Gasteiger partial charge < -0.3 is 25.4 Å². The molecule has 3 N–H and O–H groups in total. The van der Waals surface area contributed by atoms with E-state index < -0.39 is 5.92 Å². The topological polar surface area (TPSA) is 110 Å². The van der Waals surface area contributed by atoms with Crippen LogP contribution in [-0.2, 0) is 14.3 Å². The highest BCUT2D eigenvalue weighted by molar-refractivity contribution is 6.35. The fourth-order valence-electron chi connectivity index (χ4n) is 5.25. The molecule has 1 saturated carbocycles. The molecule has 1 unspecified atom stereocenters. The normalized spacial score (nSPS) is 20.3. The van der Waals surface area contributed by atoms with Gasteiger partial charge in [-0.2, -0.15) is 0 Å². The summed E-state index contributed by atoms with van der Waals surface area (Å²) in [6, 6.07) is 8.72. The van der Waals surface area contributed by atoms with Crippen molar-refractivity contribution in [3.05, 3.63) is 52.8 Å². The first-order valence-corrected chi connectivity index (χ1v) is 14.1. The van der Waals surface area contributed by atoms with Crippen LogP contribution in [0, 0.1) is 12.8 Å². The number of rotatable bonds is 11. The summed E-state index contributed by atoms with van der Waals surface area (Å²) in [6.07, 6.45) is 9.07. The lowest BCUT2D eigenvalue weighted by Crippen LogP contribution is -2.50. The van der Waals surface area contributed by atoms with Gasteiger partial charge in [0.25, 0.3) is 0 Å². The molecule has 0 bridgehead atoms. The predicted octanol–water partition coefficient (Wildman–Crippen LogP) is 4.70. The number of halogens is 1. The van der Waals surface area contributed by atoms with Crippen LogP contribution >= 0.6 is 11.6 Å². The maximum Gasteiger partial charge on any atom is 0.230 e. The minimum atomic E-state index is -0.445. The molecule has 2 fully saturated rings. The van der Waals surface area contributed by atoms with Crippen molar-refractivity contribution in [3.63, 3.8) is 0 Å². The zero-order valence-corrected chi connectivity index (χ0v) is 23.3. The van der Waals surface area contributed by atoms with Crippen molar-refractivity contribution >= 4 is 40.2 Å². The highest BCUT2D eigenvalue weighted by Gasteiger charge is 2.27. The molecule has 5 rings (SSSR count). The monoisotopic (exact) mass is 552 g/mol. The quantitative estimate of drug-likeness (QED) is 0.314. The molecule has 3 heterocycles. The van der Waals surface area contributed by atoms with Crippen LogP contribution in [0.2, 0.25) is 5.02 Å². The molecule has 1 amide bonds. The van der Waals surface area contributed by atoms with Gasteiger partial charge >= 0.3 is 0 Å². The Kier molecular flexibility index (Phi) is 9.11. The van der Waals surface area contributed by atoms with E-state index in [1.165, 1.54) is 12.8 Å². The van der Waals surface area contributed by atoms with Gasteiger partial charge in [-0.3, -0.25) is 4.79 Å². The Balaban J connectivity index is 1.05. The Morgan fingerprint density at radius 1 is 1.10 bits per heavy atom. The first kappa shape index (κ1) is 27.6. The Morgan fingerprint density at radius 3 is 2.54 bits per heavy atom. The lowest BCUT2D eigenvalue weighted by molar-refractivity contribution is -0.127. The van der Waals surface area contributed by atoms with Crippen molar-refractivity contribution < 1.29 is 14.3 Å². The van der Waals surface area contributed by atoms with Crippen molar-refractivity contribution in [2.24, 2.45) is 5.92 Å². The van der Waals surface area contributed by atoms with Crippen LogP contribution in [-0.4, -0.2) is 66.4 Å². The number of anilines is 2. The van der Waals surface area contributed by atoms with Crippen LogP contribution in [0.5, 0.6) is 0 Å². The Morgan fingerprint density at radius 2 is 1.85 bits per heavy atom. The van der Waals surface area contributed by atoms with Crippen molar-refractivity contribution in [1.29, 1.82) is 0 Å². The molecule has 1 aromatic carbocycles. The summed E-state index contributed by atoms with van der Waals surface area (Å²) in [7, 11) is 1.59. The fourth-order valence-corrected chi connectivity index (χ4v) is 5.46. The molecule has 9 nitrogen and oxygen atoms in total. The number of pyridine rings is 1. The molecule has 1 atom stereocenters. The molecule has 2 aliphatic rings. The molecule has 2 aromatic heterocycles. The number of methoxy groups -OCH3 is 1. The van der Waals surface area contributed by atoms with Gasteiger partial charge in [-0.05, 0) is 62.6 Å². The second-order valence-electron chi connectivity index (χ2n) is 10.6. The van der Waals surface area contributed by atoms with Crippen molar-refractivity contribution in [2.45, 2.75) is 57.0 Å². The second-order valence-corrected chi connectivity index (χ2v) is 11.0. The fraction of sp³-hybridized carbons (Fsp3) is 0.517. The number of hydrogen-bond donors (Lipinski definition) is 3. The van der Waals surface area contributed by atoms with Gasteiger partial charge in [0.2, 0.25) is 11.9 Å². The van der Waals surface area contributed by atoms with Gasteiger partial charge in [-0.15, -0.1) is 0 Å². The third-order valence-corrected chi connectivity index (χ3v) is 8.21. The predicted molar refractivity (Wildman–Crippen MR) is 153 cm³/mol. The summed E-state index contributed by atoms with van der Waals surface area (Å²) in [4.78, 5) is 26.3. The van der Waals surface area contributed by atoms with E-state index in [2.05, 4.69) is 38.1 Å². The molecule has 0 radical (unpaired) electrons. The van der Waals surface area contributed by atoms with Gasteiger partial charge in [0, 0.05) is 43.0 Å². The highest BCUT2D eigenvalue weighted by atomic mass is 35.5. The van der Waals surface area contributed by atoms with Crippen LogP contribution in [0.1, 0.15) is 49.1 Å². The van der Waals surface area contributed by atoms with Gasteiger partial charge in [-0.25, -0.2) is 15.0 Å². The van der Waals surface area contributed by atoms with E-state index in [0.29, 0.717) is 31.1 Å². The lowest BCUT2D eigenvalue weighted by Gasteiger charge is -2.29. The van der Waals surface area contributed by atoms with Crippen LogP contribution in [0.15, 0.2) is 36.7 Å². The van der Waals surface area contributed by atoms with E-state index in [0.717, 1.165) is 58.7 Å². The first-order valence-electron chi connectivity index (χ1n) is 13.8. The summed E-state index contributed by atoms with van der Waals surface area (Å²) in [5.41, 5.74) is 2.64. The summed E-state index contributed by atoms with van der Waals surface area (Å²) in [5, 5.41) is 11.7. The Labute approximate surface area is 234 Å². The van der Waals surface area contributed by atoms with Crippen molar-refractivity contribution in [2.75, 3.05) is 44.1 Å². The third kappa shape index (κ3) is 6.96. The van der Waals surface area contributed by atoms with E-state index in [1.54, 1.807) is 19.5 Å². The average molecular weight is 553 g/mol. The minimum absolute atomic E-state index is 0.0725. The molecule has 0 spiro atoms. The van der Waals surface area contributed by atoms with E-state index >= 15 is 0 Å². The summed E-state index contributed by atoms with van der Waals surface area (Å²) in [6.45, 7) is 4.21. The molecular formula is C29H37ClN6O3. The number of aromatic nitrogens is 3. The van der Waals surface area contributed by atoms with Crippen LogP contribution < -0.4 is 16.0 Å². The number of nitrogens with zero attached hydrogens (tertiary/aromatic N) is 3. The maximum absolute atomic E-state index is 12.6. The molecule has 3 aromatic rings. The zero-order chi connectivity index (χ0) is 27.2. The Hall–Kier alpha value is -3.01. The third-order valence-electron chi connectivity index (χ3n) is 7.74. The smallest absolute Gasteiger partial charge is 0.230 e. The lowest BCUT2D eigenvalue weighted by atomic mass is 9.84. The summed E-state index contributed by atoms with van der Waals surface area (Å²) < 4.78 is 10.4. The second kappa shape index (κ2) is 12.9. The number of ether oxygens (including phenoxy) is 2. The average Bonchev–Trinajstić information content (AvgIpc) is 2.93. The van der Waals surface area contributed by atoms with Crippen LogP contribution in [0.4, 0.5) is 11.8 Å². The first-order chi connectivity index (χ1) is 19.0. The Bertz CT molecular complexity index is 1260. The highest BCUT2D eigenvalue weighted by Crippen LogP contribution is 2.30. The number of aryl methyl sites for hydroxylation is 1. The largest absolute Gasteiger partial charge is 0.384 e. The van der Waals surface area contributed by atoms with E-state index in [-0.39, 0.29) is 18.6 Å². The SMILES string of the molecule is COCC(C(=O)NC1COC1)c1cnc(NCC[C@H]2CC[C@H](Nc3ccc4ccc(C)c(Cl)c4n3)CC2)nc1. The van der Waals surface area contributed by atoms with Gasteiger partial charge in [0.15, 0.2) is 0 Å². The van der Waals surface area contributed by atoms with Gasteiger partial charge in [0.1, 0.15) is 5.82 Å². The van der Waals surface area contributed by atoms with E-state index in [1.807, 2.05) is 19.1 Å². The van der Waals surface area contributed by atoms with Gasteiger partial charge in [-0.1, -0.05) is 23.7 Å². The zero-order valence-electron chi connectivity index (χ0n) is 22.6. The van der Waals surface area contributed by atoms with Crippen molar-refractivity contribution in [3.8, 4) is 0 Å². The number of carbonyl (C=O) groups excluding carboxylic acids is 1. The number of hydrogen-bond acceptors (Lipinski definition) is 8. The van der Waals surface area contributed by atoms with E-state index in [4.69, 9.17) is 26.1 Å². The summed E-state index contributed by atoms with van der Waals surface area (Å²) in [5.74, 6) is 1.60. The molecular weight excluding hydrogens is 516 g/mol. The molecule has 1 aliphatic heterocycles. The molecule has 1 saturated heterocycles. The summed E-state index contributed by atoms with van der Waals surface area (Å²) >= 11 is 6.49. The molecule has 10 heteroatoms. The van der Waals surface area contributed by atoms with Gasteiger partial charge in [0.05, 0.1) is 42.3 Å². The number of nitrogens with one attached hydrogen (secondary N) is 3. The standard InChI is InChI=1S/C29H37ClN6O3/c1-18-3-6-20-7-10-25(36-27(20)26(18)30)34-22-8-4-19(5-9-22)11-12-31-29-32-13-21(14-33-29)24(17-38-2)28(37)35-23-15-39-16-23/h3,6-7,10,13-14,19,22-24H,4-5,8-9,11-12,15-17H2,1-2H3,(H,34,36)(H,35,37)(H,31,32,33)/t19-,22-,24?. The maximum atomic E-state index is 12.6. The molecule has 208 valence electrons. The number of amides is 1. The van der Waals surface area contributed by atoms with Crippen LogP contribution in [0.25, 0.3) is 10.9 Å². The van der Waals surface area contributed by atoms with Crippen molar-refractivity contribution in [1.82, 2.24) is 20.3 Å². The molecule has 1 aliphatic carbocycles. The number of carbonyl (C=O) groups is 1. The number of benzene rings is 1. The van der Waals surface area contributed by atoms with E-state index in [9.17, 15) is 4.79 Å².